The molecule has 0 spiro atoms. The second-order valence-corrected chi connectivity index (χ2v) is 10.1. The Labute approximate surface area is 200 Å². The van der Waals surface area contributed by atoms with Gasteiger partial charge in [0.25, 0.3) is 0 Å². The largest absolute Gasteiger partial charge is 0.507 e. The Morgan fingerprint density at radius 3 is 2.54 bits per heavy atom. The van der Waals surface area contributed by atoms with Crippen molar-refractivity contribution in [3.63, 3.8) is 0 Å². The smallest absolute Gasteiger partial charge is 0.347 e. The van der Waals surface area contributed by atoms with Crippen LogP contribution in [0.15, 0.2) is 69.3 Å². The minimum Gasteiger partial charge on any atom is -0.507 e. The van der Waals surface area contributed by atoms with E-state index in [1.54, 1.807) is 13.8 Å². The van der Waals surface area contributed by atoms with E-state index in [0.717, 1.165) is 15.5 Å². The van der Waals surface area contributed by atoms with Gasteiger partial charge in [0.15, 0.2) is 11.6 Å². The van der Waals surface area contributed by atoms with Gasteiger partial charge in [-0.25, -0.2) is 23.5 Å². The van der Waals surface area contributed by atoms with E-state index in [4.69, 9.17) is 0 Å². The third kappa shape index (κ3) is 2.62. The Kier molecular flexibility index (Phi) is 4.34. The standard InChI is InChI=1S/C27H25N3O5/c1-14-12-21(31)27(2)19(23(14)32)13-20-17(10-11-29-25(34)28(3)26(35)30(20)29)22(27)18-9-8-15-6-4-5-7-16(15)24(18)33/h4-10,12,19-20,22,33H,11,13H2,1-3H3/t19-,20+,22+,27-/m0/s1. The lowest BCUT2D eigenvalue weighted by atomic mass is 9.51. The SMILES string of the molecule is CC1=CC(=O)[C@@]2(C)[C@@H](c3ccc4ccccc4c3O)C3=CCn4c(=O)n(C)c(=O)n4[C@@H]3C[C@H]2C1=O. The number of fused-ring (bicyclic) bond motifs is 5. The summed E-state index contributed by atoms with van der Waals surface area (Å²) in [5, 5.41) is 12.9. The molecule has 1 aromatic heterocycles. The van der Waals surface area contributed by atoms with Crippen molar-refractivity contribution in [1.29, 1.82) is 0 Å². The molecule has 3 aliphatic rings. The number of phenolic OH excluding ortho intramolecular Hbond substituents is 1. The molecule has 8 nitrogen and oxygen atoms in total. The zero-order valence-corrected chi connectivity index (χ0v) is 19.7. The minimum absolute atomic E-state index is 0.0597. The molecule has 2 aliphatic carbocycles. The molecule has 0 unspecified atom stereocenters. The lowest BCUT2D eigenvalue weighted by Crippen LogP contribution is -2.54. The summed E-state index contributed by atoms with van der Waals surface area (Å²) in [6, 6.07) is 10.6. The van der Waals surface area contributed by atoms with Crippen LogP contribution < -0.4 is 11.4 Å². The number of Topliss-reactive ketones (excluding diaryl/α,β-unsaturated/α-hetero) is 1. The monoisotopic (exact) mass is 471 g/mol. The third-order valence-electron chi connectivity index (χ3n) is 8.37. The fraction of sp³-hybridized carbons (Fsp3) is 0.333. The minimum atomic E-state index is -1.14. The molecule has 1 aliphatic heterocycles. The summed E-state index contributed by atoms with van der Waals surface area (Å²) in [5.74, 6) is -1.59. The van der Waals surface area contributed by atoms with Crippen molar-refractivity contribution in [3.05, 3.63) is 86.2 Å². The first-order valence-electron chi connectivity index (χ1n) is 11.7. The molecule has 3 aromatic rings. The number of hydrogen-bond donors (Lipinski definition) is 1. The number of allylic oxidation sites excluding steroid dienone is 4. The van der Waals surface area contributed by atoms with Crippen molar-refractivity contribution in [3.8, 4) is 5.75 Å². The van der Waals surface area contributed by atoms with Crippen LogP contribution >= 0.6 is 0 Å². The Balaban J connectivity index is 1.66. The van der Waals surface area contributed by atoms with Crippen LogP contribution in [0.2, 0.25) is 0 Å². The van der Waals surface area contributed by atoms with Gasteiger partial charge in [0, 0.05) is 29.8 Å². The van der Waals surface area contributed by atoms with Gasteiger partial charge in [-0.1, -0.05) is 49.4 Å². The fourth-order valence-electron chi connectivity index (χ4n) is 6.50. The predicted molar refractivity (Wildman–Crippen MR) is 129 cm³/mol. The second kappa shape index (κ2) is 7.04. The van der Waals surface area contributed by atoms with Crippen LogP contribution in [-0.4, -0.2) is 30.6 Å². The molecule has 1 fully saturated rings. The van der Waals surface area contributed by atoms with Gasteiger partial charge in [-0.05, 0) is 36.0 Å². The van der Waals surface area contributed by atoms with Crippen LogP contribution in [-0.2, 0) is 23.2 Å². The van der Waals surface area contributed by atoms with Gasteiger partial charge >= 0.3 is 11.4 Å². The van der Waals surface area contributed by atoms with Crippen molar-refractivity contribution >= 4 is 22.3 Å². The summed E-state index contributed by atoms with van der Waals surface area (Å²) in [5.41, 5.74) is -0.319. The van der Waals surface area contributed by atoms with Gasteiger partial charge in [0.05, 0.1) is 18.0 Å². The van der Waals surface area contributed by atoms with Gasteiger partial charge in [-0.2, -0.15) is 0 Å². The normalized spacial score (nSPS) is 27.7. The highest BCUT2D eigenvalue weighted by Gasteiger charge is 2.59. The van der Waals surface area contributed by atoms with E-state index in [0.29, 0.717) is 16.5 Å². The maximum Gasteiger partial charge on any atom is 0.347 e. The molecule has 0 radical (unpaired) electrons. The van der Waals surface area contributed by atoms with Crippen LogP contribution in [0.25, 0.3) is 10.8 Å². The number of benzene rings is 2. The van der Waals surface area contributed by atoms with Gasteiger partial charge in [0.2, 0.25) is 0 Å². The molecular weight excluding hydrogens is 446 g/mol. The maximum atomic E-state index is 13.6. The van der Waals surface area contributed by atoms with E-state index in [-0.39, 0.29) is 30.3 Å². The van der Waals surface area contributed by atoms with Crippen molar-refractivity contribution in [2.24, 2.45) is 18.4 Å². The fourth-order valence-corrected chi connectivity index (χ4v) is 6.50. The van der Waals surface area contributed by atoms with Crippen molar-refractivity contribution in [2.45, 2.75) is 38.8 Å². The first-order valence-corrected chi connectivity index (χ1v) is 11.7. The molecule has 0 saturated heterocycles. The van der Waals surface area contributed by atoms with Crippen molar-refractivity contribution in [2.75, 3.05) is 0 Å². The summed E-state index contributed by atoms with van der Waals surface area (Å²) >= 11 is 0. The van der Waals surface area contributed by atoms with Gasteiger partial charge in [0.1, 0.15) is 5.75 Å². The highest BCUT2D eigenvalue weighted by Crippen LogP contribution is 2.61. The number of rotatable bonds is 1. The molecule has 4 atom stereocenters. The van der Waals surface area contributed by atoms with Gasteiger partial charge < -0.3 is 5.11 Å². The first-order chi connectivity index (χ1) is 16.7. The molecule has 2 heterocycles. The lowest BCUT2D eigenvalue weighted by Gasteiger charge is -2.52. The van der Waals surface area contributed by atoms with Crippen LogP contribution in [0.1, 0.15) is 37.8 Å². The zero-order chi connectivity index (χ0) is 24.8. The molecule has 1 saturated carbocycles. The number of phenols is 1. The number of hydrogen-bond acceptors (Lipinski definition) is 5. The van der Waals surface area contributed by atoms with E-state index < -0.39 is 34.7 Å². The Morgan fingerprint density at radius 1 is 1.03 bits per heavy atom. The number of nitrogens with zero attached hydrogens (tertiary/aromatic N) is 3. The molecule has 0 bridgehead atoms. The van der Waals surface area contributed by atoms with Crippen LogP contribution in [0.5, 0.6) is 5.75 Å². The summed E-state index contributed by atoms with van der Waals surface area (Å²) in [4.78, 5) is 52.9. The molecule has 0 amide bonds. The molecule has 178 valence electrons. The van der Waals surface area contributed by atoms with Gasteiger partial charge in [-0.15, -0.1) is 0 Å². The average molecular weight is 472 g/mol. The number of ketones is 2. The van der Waals surface area contributed by atoms with E-state index in [1.165, 1.54) is 22.5 Å². The predicted octanol–water partition coefficient (Wildman–Crippen LogP) is 2.60. The highest BCUT2D eigenvalue weighted by atomic mass is 16.3. The highest BCUT2D eigenvalue weighted by molar-refractivity contribution is 6.13. The van der Waals surface area contributed by atoms with E-state index >= 15 is 0 Å². The molecule has 35 heavy (non-hydrogen) atoms. The quantitative estimate of drug-likeness (QED) is 0.550. The summed E-state index contributed by atoms with van der Waals surface area (Å²) < 4.78 is 3.87. The first kappa shape index (κ1) is 21.6. The zero-order valence-electron chi connectivity index (χ0n) is 19.7. The molecule has 6 rings (SSSR count). The average Bonchev–Trinajstić information content (AvgIpc) is 3.07. The second-order valence-electron chi connectivity index (χ2n) is 10.1. The van der Waals surface area contributed by atoms with Gasteiger partial charge in [-0.3, -0.25) is 9.59 Å². The van der Waals surface area contributed by atoms with E-state index in [1.807, 2.05) is 42.5 Å². The van der Waals surface area contributed by atoms with Crippen LogP contribution in [0, 0.1) is 11.3 Å². The summed E-state index contributed by atoms with van der Waals surface area (Å²) in [6.07, 6.45) is 3.53. The molecule has 8 heteroatoms. The molecular formula is C27H25N3O5. The third-order valence-corrected chi connectivity index (χ3v) is 8.37. The lowest BCUT2D eigenvalue weighted by molar-refractivity contribution is -0.139. The topological polar surface area (TPSA) is 103 Å². The Bertz CT molecular complexity index is 1650. The number of carbonyl (C=O) groups is 2. The number of aromatic nitrogens is 3. The number of aromatic hydroxyl groups is 1. The summed E-state index contributed by atoms with van der Waals surface area (Å²) in [6.45, 7) is 3.61. The van der Waals surface area contributed by atoms with Crippen molar-refractivity contribution in [1.82, 2.24) is 13.9 Å². The van der Waals surface area contributed by atoms with Crippen molar-refractivity contribution < 1.29 is 14.7 Å². The summed E-state index contributed by atoms with van der Waals surface area (Å²) in [7, 11) is 1.43. The number of carbonyl (C=O) groups excluding carboxylic acids is 2. The van der Waals surface area contributed by atoms with E-state index in [9.17, 15) is 24.3 Å². The molecule has 1 N–H and O–H groups in total. The van der Waals surface area contributed by atoms with Crippen LogP contribution in [0.3, 0.4) is 0 Å². The van der Waals surface area contributed by atoms with E-state index in [2.05, 4.69) is 0 Å². The molecule has 2 aromatic carbocycles. The maximum absolute atomic E-state index is 13.6. The Hall–Kier alpha value is -3.94. The Morgan fingerprint density at radius 2 is 1.77 bits per heavy atom. The van der Waals surface area contributed by atoms with Crippen LogP contribution in [0.4, 0.5) is 0 Å².